The molecule has 8 heteroatoms. The molecule has 2 aromatic rings. The van der Waals surface area contributed by atoms with Crippen LogP contribution in [0.25, 0.3) is 0 Å². The van der Waals surface area contributed by atoms with Crippen molar-refractivity contribution in [2.75, 3.05) is 26.2 Å². The predicted molar refractivity (Wildman–Crippen MR) is 122 cm³/mol. The molecule has 7 nitrogen and oxygen atoms in total. The third-order valence-electron chi connectivity index (χ3n) is 6.77. The Balaban J connectivity index is 1.76. The van der Waals surface area contributed by atoms with E-state index >= 15 is 0 Å². The van der Waals surface area contributed by atoms with Gasteiger partial charge in [-0.1, -0.05) is 13.8 Å². The summed E-state index contributed by atoms with van der Waals surface area (Å²) in [5.74, 6) is 1.72. The molecule has 1 aromatic heterocycles. The average Bonchev–Trinajstić information content (AvgIpc) is 3.18. The molecule has 1 fully saturated rings. The molecule has 172 valence electrons. The Hall–Kier alpha value is -1.77. The van der Waals surface area contributed by atoms with E-state index in [0.717, 1.165) is 28.7 Å². The quantitative estimate of drug-likeness (QED) is 0.667. The summed E-state index contributed by atoms with van der Waals surface area (Å²) in [6, 6.07) is -0.0365. The van der Waals surface area contributed by atoms with Crippen LogP contribution >= 0.6 is 0 Å². The van der Waals surface area contributed by atoms with Crippen molar-refractivity contribution in [1.82, 2.24) is 19.4 Å². The fourth-order valence-electron chi connectivity index (χ4n) is 4.34. The number of hydrogen-bond acceptors (Lipinski definition) is 6. The minimum absolute atomic E-state index is 0.0365. The molecule has 0 saturated carbocycles. The first-order chi connectivity index (χ1) is 14.4. The van der Waals surface area contributed by atoms with E-state index in [9.17, 15) is 8.42 Å². The van der Waals surface area contributed by atoms with Crippen LogP contribution in [0.15, 0.2) is 9.31 Å². The van der Waals surface area contributed by atoms with Crippen molar-refractivity contribution in [1.29, 1.82) is 0 Å². The molecule has 0 amide bonds. The highest BCUT2D eigenvalue weighted by Gasteiger charge is 2.34. The van der Waals surface area contributed by atoms with Gasteiger partial charge in [0.25, 0.3) is 0 Å². The molecule has 1 aliphatic rings. The Kier molecular flexibility index (Phi) is 6.93. The van der Waals surface area contributed by atoms with Crippen LogP contribution in [0.2, 0.25) is 0 Å². The van der Waals surface area contributed by atoms with Gasteiger partial charge >= 0.3 is 0 Å². The van der Waals surface area contributed by atoms with Gasteiger partial charge < -0.3 is 4.42 Å². The lowest BCUT2D eigenvalue weighted by molar-refractivity contribution is 0.128. The third kappa shape index (κ3) is 4.56. The second-order valence-electron chi connectivity index (χ2n) is 9.20. The SMILES string of the molecule is Cc1c(C)c(C)c(S(=O)(=O)N2CCN(C(C)c3nnc(CC(C)C)o3)CC2)c(C)c1C. The van der Waals surface area contributed by atoms with Crippen LogP contribution in [0.3, 0.4) is 0 Å². The average molecular weight is 449 g/mol. The number of aromatic nitrogens is 2. The van der Waals surface area contributed by atoms with Crippen molar-refractivity contribution < 1.29 is 12.8 Å². The van der Waals surface area contributed by atoms with E-state index in [-0.39, 0.29) is 6.04 Å². The van der Waals surface area contributed by atoms with Crippen molar-refractivity contribution in [3.05, 3.63) is 39.6 Å². The van der Waals surface area contributed by atoms with Gasteiger partial charge in [-0.25, -0.2) is 8.42 Å². The van der Waals surface area contributed by atoms with Crippen LogP contribution in [0.5, 0.6) is 0 Å². The molecule has 0 spiro atoms. The van der Waals surface area contributed by atoms with Crippen LogP contribution in [0.4, 0.5) is 0 Å². The van der Waals surface area contributed by atoms with E-state index < -0.39 is 10.0 Å². The first-order valence-corrected chi connectivity index (χ1v) is 12.5. The monoisotopic (exact) mass is 448 g/mol. The number of hydrogen-bond donors (Lipinski definition) is 0. The van der Waals surface area contributed by atoms with E-state index in [4.69, 9.17) is 4.42 Å². The third-order valence-corrected chi connectivity index (χ3v) is 8.95. The summed E-state index contributed by atoms with van der Waals surface area (Å²) < 4.78 is 34.6. The molecule has 1 atom stereocenters. The van der Waals surface area contributed by atoms with Gasteiger partial charge in [-0.15, -0.1) is 10.2 Å². The predicted octanol–water partition coefficient (Wildman–Crippen LogP) is 3.88. The highest BCUT2D eigenvalue weighted by Crippen LogP contribution is 2.32. The first kappa shape index (κ1) is 23.9. The molecule has 0 bridgehead atoms. The Morgan fingerprint density at radius 1 is 0.839 bits per heavy atom. The van der Waals surface area contributed by atoms with Crippen molar-refractivity contribution in [2.24, 2.45) is 5.92 Å². The number of piperazine rings is 1. The van der Waals surface area contributed by atoms with Crippen LogP contribution < -0.4 is 0 Å². The molecule has 1 unspecified atom stereocenters. The number of rotatable bonds is 6. The lowest BCUT2D eigenvalue weighted by Gasteiger charge is -2.36. The molecule has 0 aliphatic carbocycles. The summed E-state index contributed by atoms with van der Waals surface area (Å²) in [4.78, 5) is 2.69. The molecule has 31 heavy (non-hydrogen) atoms. The molecule has 1 aromatic carbocycles. The number of sulfonamides is 1. The normalized spacial score (nSPS) is 17.5. The Bertz CT molecular complexity index is 1020. The standard InChI is InChI=1S/C23H36N4O3S/c1-14(2)13-21-24-25-23(30-21)20(8)26-9-11-27(12-10-26)31(28,29)22-18(6)16(4)15(3)17(5)19(22)7/h14,20H,9-13H2,1-8H3. The molecule has 2 heterocycles. The summed E-state index contributed by atoms with van der Waals surface area (Å²) in [6.07, 6.45) is 0.764. The minimum Gasteiger partial charge on any atom is -0.424 e. The van der Waals surface area contributed by atoms with Gasteiger partial charge in [0, 0.05) is 32.6 Å². The second kappa shape index (κ2) is 9.00. The fourth-order valence-corrected chi connectivity index (χ4v) is 6.32. The smallest absolute Gasteiger partial charge is 0.243 e. The lowest BCUT2D eigenvalue weighted by atomic mass is 9.95. The summed E-state index contributed by atoms with van der Waals surface area (Å²) >= 11 is 0. The second-order valence-corrected chi connectivity index (χ2v) is 11.1. The Morgan fingerprint density at radius 3 is 1.87 bits per heavy atom. The number of benzene rings is 1. The van der Waals surface area contributed by atoms with Crippen LogP contribution in [0, 0.1) is 40.5 Å². The van der Waals surface area contributed by atoms with Crippen LogP contribution in [0.1, 0.15) is 66.4 Å². The van der Waals surface area contributed by atoms with E-state index in [1.807, 2.05) is 34.6 Å². The van der Waals surface area contributed by atoms with Crippen LogP contribution in [-0.2, 0) is 16.4 Å². The molecule has 1 saturated heterocycles. The van der Waals surface area contributed by atoms with Gasteiger partial charge in [0.05, 0.1) is 10.9 Å². The zero-order valence-electron chi connectivity index (χ0n) is 20.1. The maximum atomic E-state index is 13.6. The summed E-state index contributed by atoms with van der Waals surface area (Å²) in [5, 5.41) is 8.38. The molecule has 1 aliphatic heterocycles. The fraction of sp³-hybridized carbons (Fsp3) is 0.652. The molecule has 0 N–H and O–H groups in total. The summed E-state index contributed by atoms with van der Waals surface area (Å²) in [7, 11) is -3.55. The van der Waals surface area contributed by atoms with Crippen LogP contribution in [-0.4, -0.2) is 54.0 Å². The summed E-state index contributed by atoms with van der Waals surface area (Å²) in [5.41, 5.74) is 5.01. The van der Waals surface area contributed by atoms with E-state index in [0.29, 0.717) is 48.8 Å². The van der Waals surface area contributed by atoms with Gasteiger partial charge in [-0.3, -0.25) is 4.90 Å². The molecular formula is C23H36N4O3S. The van der Waals surface area contributed by atoms with Gasteiger partial charge in [0.2, 0.25) is 21.8 Å². The van der Waals surface area contributed by atoms with Crippen molar-refractivity contribution in [3.8, 4) is 0 Å². The van der Waals surface area contributed by atoms with Crippen molar-refractivity contribution >= 4 is 10.0 Å². The lowest BCUT2D eigenvalue weighted by Crippen LogP contribution is -2.49. The van der Waals surface area contributed by atoms with Crippen molar-refractivity contribution in [3.63, 3.8) is 0 Å². The largest absolute Gasteiger partial charge is 0.424 e. The molecule has 0 radical (unpaired) electrons. The number of nitrogens with zero attached hydrogens (tertiary/aromatic N) is 4. The minimum atomic E-state index is -3.55. The Morgan fingerprint density at radius 2 is 1.35 bits per heavy atom. The maximum absolute atomic E-state index is 13.6. The van der Waals surface area contributed by atoms with Gasteiger partial charge in [-0.05, 0) is 75.3 Å². The highest BCUT2D eigenvalue weighted by molar-refractivity contribution is 7.89. The van der Waals surface area contributed by atoms with E-state index in [2.05, 4.69) is 35.9 Å². The zero-order chi connectivity index (χ0) is 23.1. The zero-order valence-corrected chi connectivity index (χ0v) is 20.9. The molecule has 3 rings (SSSR count). The van der Waals surface area contributed by atoms with E-state index in [1.165, 1.54) is 5.56 Å². The van der Waals surface area contributed by atoms with Gasteiger partial charge in [0.1, 0.15) is 0 Å². The highest BCUT2D eigenvalue weighted by atomic mass is 32.2. The first-order valence-electron chi connectivity index (χ1n) is 11.1. The van der Waals surface area contributed by atoms with Crippen molar-refractivity contribution in [2.45, 2.75) is 72.7 Å². The molecular weight excluding hydrogens is 412 g/mol. The Labute approximate surface area is 186 Å². The van der Waals surface area contributed by atoms with E-state index in [1.54, 1.807) is 4.31 Å². The topological polar surface area (TPSA) is 79.5 Å². The summed E-state index contributed by atoms with van der Waals surface area (Å²) in [6.45, 7) is 18.4. The maximum Gasteiger partial charge on any atom is 0.243 e. The van der Waals surface area contributed by atoms with Gasteiger partial charge in [-0.2, -0.15) is 4.31 Å². The van der Waals surface area contributed by atoms with Gasteiger partial charge in [0.15, 0.2) is 0 Å².